The number of non-ortho nitro benzene ring substituents is 1. The first-order valence-corrected chi connectivity index (χ1v) is 8.68. The molecule has 0 saturated heterocycles. The summed E-state index contributed by atoms with van der Waals surface area (Å²) in [7, 11) is 0. The van der Waals surface area contributed by atoms with E-state index in [1.54, 1.807) is 24.3 Å². The zero-order valence-corrected chi connectivity index (χ0v) is 15.8. The van der Waals surface area contributed by atoms with E-state index in [1.807, 2.05) is 26.0 Å². The topological polar surface area (TPSA) is 92.6 Å². The van der Waals surface area contributed by atoms with Gasteiger partial charge in [-0.1, -0.05) is 17.7 Å². The predicted octanol–water partition coefficient (Wildman–Crippen LogP) is 7.35. The van der Waals surface area contributed by atoms with E-state index in [9.17, 15) is 10.1 Å². The van der Waals surface area contributed by atoms with Crippen molar-refractivity contribution in [3.8, 4) is 0 Å². The second-order valence-electron chi connectivity index (χ2n) is 6.44. The van der Waals surface area contributed by atoms with Crippen molar-refractivity contribution in [2.45, 2.75) is 20.8 Å². The number of hydrogen-bond donors (Lipinski definition) is 0. The molecule has 0 aliphatic rings. The van der Waals surface area contributed by atoms with Gasteiger partial charge < -0.3 is 0 Å². The molecule has 0 unspecified atom stereocenters. The van der Waals surface area contributed by atoms with Crippen molar-refractivity contribution in [2.24, 2.45) is 20.5 Å². The molecular formula is C21H19N5O2. The van der Waals surface area contributed by atoms with Crippen LogP contribution < -0.4 is 0 Å². The van der Waals surface area contributed by atoms with Gasteiger partial charge in [0.2, 0.25) is 0 Å². The minimum atomic E-state index is -0.451. The predicted molar refractivity (Wildman–Crippen MR) is 109 cm³/mol. The molecular weight excluding hydrogens is 354 g/mol. The Morgan fingerprint density at radius 1 is 0.679 bits per heavy atom. The molecule has 0 radical (unpaired) electrons. The van der Waals surface area contributed by atoms with Crippen LogP contribution in [0, 0.1) is 30.9 Å². The summed E-state index contributed by atoms with van der Waals surface area (Å²) in [5.41, 5.74) is 6.20. The van der Waals surface area contributed by atoms with Crippen LogP contribution in [0.1, 0.15) is 16.7 Å². The van der Waals surface area contributed by atoms with Crippen LogP contribution in [-0.4, -0.2) is 4.92 Å². The summed E-state index contributed by atoms with van der Waals surface area (Å²) >= 11 is 0. The van der Waals surface area contributed by atoms with E-state index in [0.29, 0.717) is 17.1 Å². The van der Waals surface area contributed by atoms with Crippen molar-refractivity contribution >= 4 is 28.4 Å². The van der Waals surface area contributed by atoms with Gasteiger partial charge in [-0.25, -0.2) is 0 Å². The van der Waals surface area contributed by atoms with Gasteiger partial charge in [0.05, 0.1) is 27.7 Å². The second kappa shape index (κ2) is 8.30. The highest BCUT2D eigenvalue weighted by Crippen LogP contribution is 2.28. The number of nitrogens with zero attached hydrogens (tertiary/aromatic N) is 5. The third-order valence-electron chi connectivity index (χ3n) is 4.09. The Hall–Kier alpha value is -3.74. The van der Waals surface area contributed by atoms with Crippen molar-refractivity contribution in [2.75, 3.05) is 0 Å². The standard InChI is InChI=1S/C21H19N5O2/c1-14-12-15(2)21(16(3)13-14)25-24-18-6-4-17(5-7-18)22-23-19-8-10-20(11-9-19)26(27)28/h4-13H,1-3H3. The maximum atomic E-state index is 10.7. The Balaban J connectivity index is 1.70. The monoisotopic (exact) mass is 373 g/mol. The van der Waals surface area contributed by atoms with Gasteiger partial charge in [0.25, 0.3) is 5.69 Å². The van der Waals surface area contributed by atoms with E-state index < -0.39 is 4.92 Å². The lowest BCUT2D eigenvalue weighted by Crippen LogP contribution is -1.85. The molecule has 3 aromatic carbocycles. The summed E-state index contributed by atoms with van der Waals surface area (Å²) in [6, 6.07) is 17.3. The second-order valence-corrected chi connectivity index (χ2v) is 6.44. The maximum Gasteiger partial charge on any atom is 0.269 e. The maximum absolute atomic E-state index is 10.7. The largest absolute Gasteiger partial charge is 0.269 e. The molecule has 0 aliphatic heterocycles. The lowest BCUT2D eigenvalue weighted by atomic mass is 10.1. The van der Waals surface area contributed by atoms with Gasteiger partial charge in [-0.3, -0.25) is 10.1 Å². The summed E-state index contributed by atoms with van der Waals surface area (Å²) < 4.78 is 0. The van der Waals surface area contributed by atoms with E-state index in [2.05, 4.69) is 39.5 Å². The van der Waals surface area contributed by atoms with E-state index >= 15 is 0 Å². The molecule has 0 fully saturated rings. The number of nitro benzene ring substituents is 1. The fraction of sp³-hybridized carbons (Fsp3) is 0.143. The highest BCUT2D eigenvalue weighted by molar-refractivity contribution is 5.54. The normalized spacial score (nSPS) is 11.4. The summed E-state index contributed by atoms with van der Waals surface area (Å²) in [6.07, 6.45) is 0. The Kier molecular flexibility index (Phi) is 5.64. The van der Waals surface area contributed by atoms with Gasteiger partial charge in [0, 0.05) is 12.1 Å². The van der Waals surface area contributed by atoms with Gasteiger partial charge in [-0.15, -0.1) is 0 Å². The number of nitro groups is 1. The van der Waals surface area contributed by atoms with Gasteiger partial charge in [-0.2, -0.15) is 20.5 Å². The molecule has 0 spiro atoms. The third-order valence-corrected chi connectivity index (χ3v) is 4.09. The minimum Gasteiger partial charge on any atom is -0.258 e. The highest BCUT2D eigenvalue weighted by Gasteiger charge is 2.04. The zero-order chi connectivity index (χ0) is 20.1. The first kappa shape index (κ1) is 19.0. The van der Waals surface area contributed by atoms with E-state index in [4.69, 9.17) is 0 Å². The Bertz CT molecular complexity index is 1030. The first-order chi connectivity index (χ1) is 13.4. The van der Waals surface area contributed by atoms with Crippen LogP contribution in [0.15, 0.2) is 81.1 Å². The molecule has 3 aromatic rings. The Morgan fingerprint density at radius 2 is 1.07 bits per heavy atom. The molecule has 140 valence electrons. The molecule has 0 aromatic heterocycles. The molecule has 7 nitrogen and oxygen atoms in total. The van der Waals surface area contributed by atoms with Crippen molar-refractivity contribution < 1.29 is 4.92 Å². The van der Waals surface area contributed by atoms with Crippen LogP contribution in [-0.2, 0) is 0 Å². The summed E-state index contributed by atoms with van der Waals surface area (Å²) in [5.74, 6) is 0. The summed E-state index contributed by atoms with van der Waals surface area (Å²) in [5, 5.41) is 27.5. The van der Waals surface area contributed by atoms with Gasteiger partial charge in [0.1, 0.15) is 0 Å². The minimum absolute atomic E-state index is 0.0210. The first-order valence-electron chi connectivity index (χ1n) is 8.68. The Morgan fingerprint density at radius 3 is 1.50 bits per heavy atom. The molecule has 3 rings (SSSR count). The smallest absolute Gasteiger partial charge is 0.258 e. The highest BCUT2D eigenvalue weighted by atomic mass is 16.6. The molecule has 28 heavy (non-hydrogen) atoms. The molecule has 0 heterocycles. The number of azo groups is 2. The van der Waals surface area contributed by atoms with Crippen LogP contribution in [0.5, 0.6) is 0 Å². The average Bonchev–Trinajstić information content (AvgIpc) is 2.66. The van der Waals surface area contributed by atoms with Crippen LogP contribution in [0.2, 0.25) is 0 Å². The van der Waals surface area contributed by atoms with Crippen molar-refractivity contribution in [3.63, 3.8) is 0 Å². The molecule has 7 heteroatoms. The third kappa shape index (κ3) is 4.70. The van der Waals surface area contributed by atoms with Crippen molar-refractivity contribution in [3.05, 3.63) is 87.5 Å². The molecule has 0 N–H and O–H groups in total. The molecule has 0 atom stereocenters. The van der Waals surface area contributed by atoms with Crippen LogP contribution in [0.3, 0.4) is 0 Å². The zero-order valence-electron chi connectivity index (χ0n) is 15.8. The van der Waals surface area contributed by atoms with Crippen molar-refractivity contribution in [1.29, 1.82) is 0 Å². The van der Waals surface area contributed by atoms with E-state index in [1.165, 1.54) is 17.7 Å². The van der Waals surface area contributed by atoms with Crippen LogP contribution >= 0.6 is 0 Å². The van der Waals surface area contributed by atoms with Gasteiger partial charge in [0.15, 0.2) is 0 Å². The summed E-state index contributed by atoms with van der Waals surface area (Å²) in [6.45, 7) is 6.11. The number of hydrogen-bond acceptors (Lipinski definition) is 6. The fourth-order valence-corrected chi connectivity index (χ4v) is 2.78. The molecule has 0 bridgehead atoms. The van der Waals surface area contributed by atoms with E-state index in [-0.39, 0.29) is 5.69 Å². The fourth-order valence-electron chi connectivity index (χ4n) is 2.78. The van der Waals surface area contributed by atoms with Crippen molar-refractivity contribution in [1.82, 2.24) is 0 Å². The molecule has 0 saturated carbocycles. The quantitative estimate of drug-likeness (QED) is 0.265. The number of benzene rings is 3. The lowest BCUT2D eigenvalue weighted by molar-refractivity contribution is -0.384. The summed E-state index contributed by atoms with van der Waals surface area (Å²) in [4.78, 5) is 10.2. The van der Waals surface area contributed by atoms with Gasteiger partial charge in [-0.05, 0) is 68.3 Å². The Labute approximate surface area is 162 Å². The molecule has 0 amide bonds. The van der Waals surface area contributed by atoms with Gasteiger partial charge >= 0.3 is 0 Å². The molecule has 0 aliphatic carbocycles. The van der Waals surface area contributed by atoms with Crippen LogP contribution in [0.25, 0.3) is 0 Å². The number of rotatable bonds is 5. The van der Waals surface area contributed by atoms with E-state index in [0.717, 1.165) is 16.8 Å². The SMILES string of the molecule is Cc1cc(C)c(N=Nc2ccc(N=Nc3ccc([N+](=O)[O-])cc3)cc2)c(C)c1. The lowest BCUT2D eigenvalue weighted by Gasteiger charge is -2.05. The average molecular weight is 373 g/mol. The van der Waals surface area contributed by atoms with Crippen LogP contribution in [0.4, 0.5) is 28.4 Å². The number of aryl methyl sites for hydroxylation is 3.